The molecule has 0 saturated carbocycles. The van der Waals surface area contributed by atoms with Gasteiger partial charge in [-0.2, -0.15) is 0 Å². The number of alkyl halides is 2. The second kappa shape index (κ2) is 2.58. The first kappa shape index (κ1) is 6.89. The van der Waals surface area contributed by atoms with Crippen molar-refractivity contribution in [2.75, 3.05) is 6.54 Å². The van der Waals surface area contributed by atoms with E-state index >= 15 is 0 Å². The molecule has 1 fully saturated rings. The average Bonchev–Trinajstić information content (AvgIpc) is 1.83. The van der Waals surface area contributed by atoms with Gasteiger partial charge in [0, 0.05) is 6.04 Å². The lowest BCUT2D eigenvalue weighted by Crippen LogP contribution is -2.51. The summed E-state index contributed by atoms with van der Waals surface area (Å²) < 4.78 is 24.7. The standard InChI is InChI=1S/C5H10F2N2/c6-4-3(8)1-2-9-5(4)7/h3-5,9H,1-2,8H2. The van der Waals surface area contributed by atoms with Crippen LogP contribution in [0.4, 0.5) is 8.78 Å². The molecule has 0 aliphatic carbocycles. The molecule has 1 rings (SSSR count). The molecule has 0 amide bonds. The normalized spacial score (nSPS) is 45.0. The number of hydrogen-bond donors (Lipinski definition) is 2. The molecule has 0 bridgehead atoms. The Morgan fingerprint density at radius 3 is 2.56 bits per heavy atom. The van der Waals surface area contributed by atoms with E-state index in [1.807, 2.05) is 0 Å². The van der Waals surface area contributed by atoms with Gasteiger partial charge in [0.2, 0.25) is 0 Å². The van der Waals surface area contributed by atoms with Gasteiger partial charge in [0.1, 0.15) is 0 Å². The van der Waals surface area contributed by atoms with Crippen molar-refractivity contribution in [2.45, 2.75) is 24.9 Å². The zero-order valence-corrected chi connectivity index (χ0v) is 4.98. The maximum absolute atomic E-state index is 12.4. The quantitative estimate of drug-likeness (QED) is 0.458. The van der Waals surface area contributed by atoms with Crippen LogP contribution in [0.15, 0.2) is 0 Å². The molecular weight excluding hydrogens is 126 g/mol. The highest BCUT2D eigenvalue weighted by molar-refractivity contribution is 4.83. The molecule has 1 aliphatic rings. The van der Waals surface area contributed by atoms with E-state index in [2.05, 4.69) is 5.32 Å². The summed E-state index contributed by atoms with van der Waals surface area (Å²) in [6.45, 7) is 0.475. The lowest BCUT2D eigenvalue weighted by Gasteiger charge is -2.26. The van der Waals surface area contributed by atoms with Crippen LogP contribution < -0.4 is 11.1 Å². The van der Waals surface area contributed by atoms with Crippen molar-refractivity contribution in [3.63, 3.8) is 0 Å². The summed E-state index contributed by atoms with van der Waals surface area (Å²) in [4.78, 5) is 0. The highest BCUT2D eigenvalue weighted by atomic mass is 19.2. The topological polar surface area (TPSA) is 38.0 Å². The van der Waals surface area contributed by atoms with Crippen LogP contribution in [-0.4, -0.2) is 25.1 Å². The Morgan fingerprint density at radius 2 is 2.11 bits per heavy atom. The minimum atomic E-state index is -1.56. The van der Waals surface area contributed by atoms with Gasteiger partial charge in [0.25, 0.3) is 0 Å². The van der Waals surface area contributed by atoms with Crippen LogP contribution in [0.25, 0.3) is 0 Å². The van der Waals surface area contributed by atoms with E-state index in [-0.39, 0.29) is 0 Å². The summed E-state index contributed by atoms with van der Waals surface area (Å²) in [6, 6.07) is -0.624. The second-order valence-corrected chi connectivity index (χ2v) is 2.25. The molecular formula is C5H10F2N2. The molecule has 0 spiro atoms. The Morgan fingerprint density at radius 1 is 1.44 bits per heavy atom. The largest absolute Gasteiger partial charge is 0.325 e. The number of hydrogen-bond acceptors (Lipinski definition) is 2. The Kier molecular flexibility index (Phi) is 1.97. The molecule has 1 heterocycles. The van der Waals surface area contributed by atoms with Crippen molar-refractivity contribution in [3.8, 4) is 0 Å². The van der Waals surface area contributed by atoms with Gasteiger partial charge in [0.05, 0.1) is 0 Å². The Balaban J connectivity index is 2.41. The van der Waals surface area contributed by atoms with Gasteiger partial charge in [-0.15, -0.1) is 0 Å². The maximum atomic E-state index is 12.4. The first-order valence-electron chi connectivity index (χ1n) is 2.99. The predicted molar refractivity (Wildman–Crippen MR) is 30.4 cm³/mol. The van der Waals surface area contributed by atoms with E-state index in [0.29, 0.717) is 13.0 Å². The SMILES string of the molecule is NC1CCNC(F)C1F. The molecule has 3 N–H and O–H groups in total. The lowest BCUT2D eigenvalue weighted by atomic mass is 10.1. The van der Waals surface area contributed by atoms with Gasteiger partial charge in [-0.05, 0) is 13.0 Å². The fourth-order valence-electron chi connectivity index (χ4n) is 0.877. The first-order valence-corrected chi connectivity index (χ1v) is 2.99. The van der Waals surface area contributed by atoms with E-state index in [1.54, 1.807) is 0 Å². The molecule has 9 heavy (non-hydrogen) atoms. The molecule has 0 aromatic carbocycles. The zero-order chi connectivity index (χ0) is 6.85. The molecule has 3 unspecified atom stereocenters. The molecule has 1 aliphatic heterocycles. The first-order chi connectivity index (χ1) is 4.22. The van der Waals surface area contributed by atoms with E-state index in [9.17, 15) is 8.78 Å². The second-order valence-electron chi connectivity index (χ2n) is 2.25. The van der Waals surface area contributed by atoms with Gasteiger partial charge in [-0.1, -0.05) is 0 Å². The van der Waals surface area contributed by atoms with Gasteiger partial charge < -0.3 is 5.73 Å². The van der Waals surface area contributed by atoms with E-state index in [0.717, 1.165) is 0 Å². The summed E-state index contributed by atoms with van der Waals surface area (Å²) in [6.07, 6.45) is -2.57. The zero-order valence-electron chi connectivity index (χ0n) is 4.98. The van der Waals surface area contributed by atoms with Crippen LogP contribution in [0.2, 0.25) is 0 Å². The van der Waals surface area contributed by atoms with E-state index in [4.69, 9.17) is 5.73 Å². The average molecular weight is 136 g/mol. The highest BCUT2D eigenvalue weighted by Gasteiger charge is 2.30. The van der Waals surface area contributed by atoms with Crippen molar-refractivity contribution in [3.05, 3.63) is 0 Å². The van der Waals surface area contributed by atoms with Gasteiger partial charge in [-0.25, -0.2) is 8.78 Å². The van der Waals surface area contributed by atoms with E-state index in [1.165, 1.54) is 0 Å². The van der Waals surface area contributed by atoms with Crippen molar-refractivity contribution < 1.29 is 8.78 Å². The van der Waals surface area contributed by atoms with Crippen LogP contribution >= 0.6 is 0 Å². The summed E-state index contributed by atoms with van der Waals surface area (Å²) in [5.41, 5.74) is 5.21. The Hall–Kier alpha value is -0.220. The Labute approximate surface area is 52.4 Å². The number of rotatable bonds is 0. The summed E-state index contributed by atoms with van der Waals surface area (Å²) in [5, 5.41) is 2.34. The Bertz CT molecular complexity index is 89.0. The predicted octanol–water partition coefficient (Wildman–Crippen LogP) is -0.0593. The minimum Gasteiger partial charge on any atom is -0.325 e. The molecule has 3 atom stereocenters. The monoisotopic (exact) mass is 136 g/mol. The fraction of sp³-hybridized carbons (Fsp3) is 1.00. The van der Waals surface area contributed by atoms with Crippen molar-refractivity contribution in [2.24, 2.45) is 5.73 Å². The molecule has 54 valence electrons. The third kappa shape index (κ3) is 1.37. The summed E-state index contributed by atoms with van der Waals surface area (Å²) in [5.74, 6) is 0. The van der Waals surface area contributed by atoms with Crippen molar-refractivity contribution >= 4 is 0 Å². The molecule has 4 heteroatoms. The van der Waals surface area contributed by atoms with Crippen LogP contribution in [-0.2, 0) is 0 Å². The van der Waals surface area contributed by atoms with Crippen molar-refractivity contribution in [1.29, 1.82) is 0 Å². The van der Waals surface area contributed by atoms with E-state index < -0.39 is 18.5 Å². The molecule has 0 radical (unpaired) electrons. The third-order valence-corrected chi connectivity index (χ3v) is 1.51. The fourth-order valence-corrected chi connectivity index (χ4v) is 0.877. The smallest absolute Gasteiger partial charge is 0.184 e. The van der Waals surface area contributed by atoms with Gasteiger partial charge in [0.15, 0.2) is 12.5 Å². The highest BCUT2D eigenvalue weighted by Crippen LogP contribution is 2.11. The van der Waals surface area contributed by atoms with Crippen LogP contribution in [0.1, 0.15) is 6.42 Å². The number of piperidine rings is 1. The van der Waals surface area contributed by atoms with Gasteiger partial charge in [-0.3, -0.25) is 5.32 Å². The van der Waals surface area contributed by atoms with Crippen LogP contribution in [0.5, 0.6) is 0 Å². The lowest BCUT2D eigenvalue weighted by molar-refractivity contribution is 0.0845. The molecule has 0 aromatic rings. The number of halogens is 2. The summed E-state index contributed by atoms with van der Waals surface area (Å²) in [7, 11) is 0. The summed E-state index contributed by atoms with van der Waals surface area (Å²) >= 11 is 0. The molecule has 2 nitrogen and oxygen atoms in total. The third-order valence-electron chi connectivity index (χ3n) is 1.51. The molecule has 0 aromatic heterocycles. The molecule has 1 saturated heterocycles. The van der Waals surface area contributed by atoms with Crippen LogP contribution in [0, 0.1) is 0 Å². The minimum absolute atomic E-state index is 0.475. The van der Waals surface area contributed by atoms with Crippen molar-refractivity contribution in [1.82, 2.24) is 5.32 Å². The number of nitrogens with one attached hydrogen (secondary N) is 1. The van der Waals surface area contributed by atoms with Gasteiger partial charge >= 0.3 is 0 Å². The number of nitrogens with two attached hydrogens (primary N) is 1. The van der Waals surface area contributed by atoms with Crippen LogP contribution in [0.3, 0.4) is 0 Å². The maximum Gasteiger partial charge on any atom is 0.184 e.